The van der Waals surface area contributed by atoms with Crippen molar-refractivity contribution in [2.24, 2.45) is 17.0 Å². The molecule has 1 aromatic carbocycles. The third kappa shape index (κ3) is 5.16. The molecule has 2 N–H and O–H groups in total. The zero-order chi connectivity index (χ0) is 24.4. The number of aromatic nitrogens is 1. The molecule has 1 aromatic heterocycles. The Hall–Kier alpha value is -2.64. The molecule has 5 rings (SSSR count). The molecule has 186 valence electrons. The van der Waals surface area contributed by atoms with Crippen molar-refractivity contribution in [3.8, 4) is 0 Å². The fraction of sp³-hybridized carbons (Fsp3) is 0.519. The molecular formula is C27H34ClN5O2. The molecule has 3 aliphatic rings. The molecule has 7 nitrogen and oxygen atoms in total. The van der Waals surface area contributed by atoms with Gasteiger partial charge in [-0.15, -0.1) is 0 Å². The summed E-state index contributed by atoms with van der Waals surface area (Å²) in [5.41, 5.74) is 8.67. The number of amides is 1. The summed E-state index contributed by atoms with van der Waals surface area (Å²) in [5.74, 6) is 1.29. The van der Waals surface area contributed by atoms with Crippen molar-refractivity contribution in [3.05, 3.63) is 58.7 Å². The van der Waals surface area contributed by atoms with Gasteiger partial charge in [0.15, 0.2) is 5.60 Å². The summed E-state index contributed by atoms with van der Waals surface area (Å²) in [5, 5.41) is 5.04. The Morgan fingerprint density at radius 1 is 1.11 bits per heavy atom. The maximum Gasteiger partial charge on any atom is 0.225 e. The zero-order valence-electron chi connectivity index (χ0n) is 20.3. The van der Waals surface area contributed by atoms with Gasteiger partial charge in [0.05, 0.1) is 5.71 Å². The second-order valence-electron chi connectivity index (χ2n) is 10.2. The van der Waals surface area contributed by atoms with Gasteiger partial charge in [-0.1, -0.05) is 28.9 Å². The number of anilines is 1. The summed E-state index contributed by atoms with van der Waals surface area (Å²) in [6.45, 7) is 6.29. The standard InChI is InChI=1S/C27H34ClN5O2/c1-19-17-27(35-31-19,22-2-4-24(28)5-3-22)23-9-14-33(15-10-23)26(34)21-7-12-32(13-8-21)18-20-6-11-30-25(29)16-20/h2-6,11,16,21,23H,7-10,12-15,17-18H2,1H3,(H2,29,30). The molecular weight excluding hydrogens is 462 g/mol. The lowest BCUT2D eigenvalue weighted by Crippen LogP contribution is -2.48. The molecule has 0 saturated carbocycles. The Kier molecular flexibility index (Phi) is 6.98. The molecule has 1 atom stereocenters. The van der Waals surface area contributed by atoms with Crippen molar-refractivity contribution in [2.45, 2.75) is 51.2 Å². The number of pyridine rings is 1. The second-order valence-corrected chi connectivity index (χ2v) is 10.7. The van der Waals surface area contributed by atoms with Crippen LogP contribution in [0.2, 0.25) is 5.02 Å². The summed E-state index contributed by atoms with van der Waals surface area (Å²) in [6, 6.07) is 11.9. The average molecular weight is 496 g/mol. The first kappa shape index (κ1) is 24.1. The van der Waals surface area contributed by atoms with Crippen LogP contribution in [-0.2, 0) is 21.8 Å². The van der Waals surface area contributed by atoms with E-state index in [-0.39, 0.29) is 5.92 Å². The molecule has 2 saturated heterocycles. The van der Waals surface area contributed by atoms with E-state index in [1.54, 1.807) is 6.20 Å². The summed E-state index contributed by atoms with van der Waals surface area (Å²) in [4.78, 5) is 28.0. The summed E-state index contributed by atoms with van der Waals surface area (Å²) < 4.78 is 0. The van der Waals surface area contributed by atoms with Gasteiger partial charge in [0.25, 0.3) is 0 Å². The van der Waals surface area contributed by atoms with E-state index < -0.39 is 5.60 Å². The van der Waals surface area contributed by atoms with Crippen LogP contribution in [0.4, 0.5) is 5.82 Å². The smallest absolute Gasteiger partial charge is 0.225 e. The predicted molar refractivity (Wildman–Crippen MR) is 138 cm³/mol. The molecule has 1 unspecified atom stereocenters. The van der Waals surface area contributed by atoms with E-state index in [0.29, 0.717) is 17.6 Å². The molecule has 2 fully saturated rings. The lowest BCUT2D eigenvalue weighted by atomic mass is 9.73. The fourth-order valence-corrected chi connectivity index (χ4v) is 6.08. The maximum atomic E-state index is 13.3. The highest BCUT2D eigenvalue weighted by Crippen LogP contribution is 2.46. The topological polar surface area (TPSA) is 84.0 Å². The van der Waals surface area contributed by atoms with E-state index in [4.69, 9.17) is 22.2 Å². The van der Waals surface area contributed by atoms with Gasteiger partial charge in [-0.25, -0.2) is 4.98 Å². The quantitative estimate of drug-likeness (QED) is 0.662. The van der Waals surface area contributed by atoms with Crippen molar-refractivity contribution in [3.63, 3.8) is 0 Å². The Morgan fingerprint density at radius 2 is 1.83 bits per heavy atom. The number of rotatable bonds is 5. The fourth-order valence-electron chi connectivity index (χ4n) is 5.96. The van der Waals surface area contributed by atoms with Crippen molar-refractivity contribution >= 4 is 29.0 Å². The van der Waals surface area contributed by atoms with E-state index in [1.165, 1.54) is 5.56 Å². The highest BCUT2D eigenvalue weighted by Gasteiger charge is 2.48. The third-order valence-electron chi connectivity index (χ3n) is 7.87. The van der Waals surface area contributed by atoms with E-state index in [0.717, 1.165) is 81.1 Å². The number of carbonyl (C=O) groups is 1. The van der Waals surface area contributed by atoms with Crippen LogP contribution in [0.15, 0.2) is 47.8 Å². The first-order valence-corrected chi connectivity index (χ1v) is 13.0. The predicted octanol–water partition coefficient (Wildman–Crippen LogP) is 4.46. The van der Waals surface area contributed by atoms with Gasteiger partial charge in [0, 0.05) is 49.1 Å². The van der Waals surface area contributed by atoms with Crippen LogP contribution < -0.4 is 5.73 Å². The monoisotopic (exact) mass is 495 g/mol. The number of piperidine rings is 2. The molecule has 4 heterocycles. The van der Waals surface area contributed by atoms with Gasteiger partial charge in [-0.3, -0.25) is 9.69 Å². The number of hydrogen-bond donors (Lipinski definition) is 1. The van der Waals surface area contributed by atoms with Crippen LogP contribution >= 0.6 is 11.6 Å². The molecule has 2 aromatic rings. The van der Waals surface area contributed by atoms with Crippen LogP contribution in [0.3, 0.4) is 0 Å². The molecule has 35 heavy (non-hydrogen) atoms. The number of hydrogen-bond acceptors (Lipinski definition) is 6. The molecule has 0 radical (unpaired) electrons. The van der Waals surface area contributed by atoms with Crippen molar-refractivity contribution in [2.75, 3.05) is 31.9 Å². The Labute approximate surface area is 212 Å². The van der Waals surface area contributed by atoms with Crippen LogP contribution in [0, 0.1) is 11.8 Å². The number of nitrogen functional groups attached to an aromatic ring is 1. The highest BCUT2D eigenvalue weighted by molar-refractivity contribution is 6.30. The lowest BCUT2D eigenvalue weighted by Gasteiger charge is -2.42. The third-order valence-corrected chi connectivity index (χ3v) is 8.12. The molecule has 8 heteroatoms. The SMILES string of the molecule is CC1=NOC(c2ccc(Cl)cc2)(C2CCN(C(=O)C3CCN(Cc4ccnc(N)c4)CC3)CC2)C1. The largest absolute Gasteiger partial charge is 0.384 e. The number of halogens is 1. The molecule has 3 aliphatic heterocycles. The Bertz CT molecular complexity index is 1080. The van der Waals surface area contributed by atoms with Crippen LogP contribution in [0.25, 0.3) is 0 Å². The van der Waals surface area contributed by atoms with Gasteiger partial charge in [0.1, 0.15) is 5.82 Å². The van der Waals surface area contributed by atoms with E-state index >= 15 is 0 Å². The normalized spacial score (nSPS) is 24.3. The molecule has 0 aliphatic carbocycles. The van der Waals surface area contributed by atoms with E-state index in [1.807, 2.05) is 31.2 Å². The number of likely N-dealkylation sites (tertiary alicyclic amines) is 2. The van der Waals surface area contributed by atoms with Crippen LogP contribution in [0.1, 0.15) is 50.2 Å². The highest BCUT2D eigenvalue weighted by atomic mass is 35.5. The summed E-state index contributed by atoms with van der Waals surface area (Å²) >= 11 is 6.14. The van der Waals surface area contributed by atoms with Crippen LogP contribution in [-0.4, -0.2) is 52.6 Å². The second kappa shape index (κ2) is 10.2. The Balaban J connectivity index is 1.16. The van der Waals surface area contributed by atoms with Gasteiger partial charge in [0.2, 0.25) is 5.91 Å². The first-order valence-electron chi connectivity index (χ1n) is 12.6. The number of carbonyl (C=O) groups excluding carboxylic acids is 1. The molecule has 0 bridgehead atoms. The number of oxime groups is 1. The minimum Gasteiger partial charge on any atom is -0.384 e. The van der Waals surface area contributed by atoms with Gasteiger partial charge in [-0.2, -0.15) is 0 Å². The minimum absolute atomic E-state index is 0.115. The molecule has 0 spiro atoms. The van der Waals surface area contributed by atoms with E-state index in [9.17, 15) is 4.79 Å². The maximum absolute atomic E-state index is 13.3. The number of nitrogens with zero attached hydrogens (tertiary/aromatic N) is 4. The number of benzene rings is 1. The van der Waals surface area contributed by atoms with Crippen molar-refractivity contribution < 1.29 is 9.63 Å². The molecule has 1 amide bonds. The zero-order valence-corrected chi connectivity index (χ0v) is 21.1. The average Bonchev–Trinajstić information content (AvgIpc) is 3.27. The van der Waals surface area contributed by atoms with Gasteiger partial charge < -0.3 is 15.5 Å². The van der Waals surface area contributed by atoms with Crippen molar-refractivity contribution in [1.82, 2.24) is 14.8 Å². The summed E-state index contributed by atoms with van der Waals surface area (Å²) in [6.07, 6.45) is 6.19. The Morgan fingerprint density at radius 3 is 2.46 bits per heavy atom. The summed E-state index contributed by atoms with van der Waals surface area (Å²) in [7, 11) is 0. The van der Waals surface area contributed by atoms with E-state index in [2.05, 4.69) is 32.1 Å². The van der Waals surface area contributed by atoms with Gasteiger partial charge >= 0.3 is 0 Å². The van der Waals surface area contributed by atoms with Crippen LogP contribution in [0.5, 0.6) is 0 Å². The number of nitrogens with two attached hydrogens (primary N) is 1. The van der Waals surface area contributed by atoms with Gasteiger partial charge in [-0.05, 0) is 81.1 Å². The lowest BCUT2D eigenvalue weighted by molar-refractivity contribution is -0.141. The first-order chi connectivity index (χ1) is 16.9. The van der Waals surface area contributed by atoms with Crippen molar-refractivity contribution in [1.29, 1.82) is 0 Å². The minimum atomic E-state index is -0.453.